The standard InChI is InChI=1S/C16H23NO/c1-2-10-16(18-15-8-5-9-15)13(6-1)12-14-7-3-4-11-17-14/h1-2,6,10,14-15,17H,3-5,7-9,11-12H2. The lowest BCUT2D eigenvalue weighted by molar-refractivity contribution is 0.119. The third-order valence-electron chi connectivity index (χ3n) is 4.20. The van der Waals surface area contributed by atoms with E-state index < -0.39 is 0 Å². The molecule has 0 amide bonds. The van der Waals surface area contributed by atoms with Gasteiger partial charge in [0.15, 0.2) is 0 Å². The Labute approximate surface area is 110 Å². The summed E-state index contributed by atoms with van der Waals surface area (Å²) in [5.41, 5.74) is 1.38. The van der Waals surface area contributed by atoms with E-state index in [0.29, 0.717) is 12.1 Å². The van der Waals surface area contributed by atoms with Crippen molar-refractivity contribution in [2.24, 2.45) is 0 Å². The van der Waals surface area contributed by atoms with Crippen LogP contribution in [0.15, 0.2) is 24.3 Å². The molecule has 0 radical (unpaired) electrons. The van der Waals surface area contributed by atoms with Gasteiger partial charge >= 0.3 is 0 Å². The summed E-state index contributed by atoms with van der Waals surface area (Å²) in [5, 5.41) is 3.62. The van der Waals surface area contributed by atoms with Gasteiger partial charge in [-0.1, -0.05) is 24.6 Å². The van der Waals surface area contributed by atoms with Gasteiger partial charge in [-0.2, -0.15) is 0 Å². The Balaban J connectivity index is 1.65. The minimum absolute atomic E-state index is 0.477. The van der Waals surface area contributed by atoms with E-state index in [1.165, 1.54) is 50.6 Å². The van der Waals surface area contributed by atoms with Crippen molar-refractivity contribution >= 4 is 0 Å². The predicted molar refractivity (Wildman–Crippen MR) is 74.1 cm³/mol. The number of benzene rings is 1. The Morgan fingerprint density at radius 1 is 1.06 bits per heavy atom. The van der Waals surface area contributed by atoms with Gasteiger partial charge in [0.2, 0.25) is 0 Å². The van der Waals surface area contributed by atoms with Gasteiger partial charge in [0.25, 0.3) is 0 Å². The van der Waals surface area contributed by atoms with Gasteiger partial charge in [0.1, 0.15) is 5.75 Å². The van der Waals surface area contributed by atoms with Crippen molar-refractivity contribution in [3.8, 4) is 5.75 Å². The van der Waals surface area contributed by atoms with Crippen LogP contribution < -0.4 is 10.1 Å². The second-order valence-electron chi connectivity index (χ2n) is 5.63. The quantitative estimate of drug-likeness (QED) is 0.878. The molecule has 18 heavy (non-hydrogen) atoms. The van der Waals surface area contributed by atoms with Crippen LogP contribution in [0.5, 0.6) is 5.75 Å². The number of para-hydroxylation sites is 1. The lowest BCUT2D eigenvalue weighted by Gasteiger charge is -2.29. The largest absolute Gasteiger partial charge is 0.490 e. The highest BCUT2D eigenvalue weighted by Crippen LogP contribution is 2.28. The van der Waals surface area contributed by atoms with E-state index in [4.69, 9.17) is 4.74 Å². The molecule has 3 rings (SSSR count). The first-order valence-corrected chi connectivity index (χ1v) is 7.40. The van der Waals surface area contributed by atoms with Crippen LogP contribution >= 0.6 is 0 Å². The molecule has 2 fully saturated rings. The van der Waals surface area contributed by atoms with Crippen molar-refractivity contribution in [1.29, 1.82) is 0 Å². The van der Waals surface area contributed by atoms with Gasteiger partial charge in [0, 0.05) is 6.04 Å². The van der Waals surface area contributed by atoms with Crippen molar-refractivity contribution in [2.75, 3.05) is 6.54 Å². The van der Waals surface area contributed by atoms with Crippen LogP contribution in [0.2, 0.25) is 0 Å². The molecule has 1 saturated heterocycles. The minimum atomic E-state index is 0.477. The number of hydrogen-bond acceptors (Lipinski definition) is 2. The summed E-state index contributed by atoms with van der Waals surface area (Å²) in [6.45, 7) is 1.18. The van der Waals surface area contributed by atoms with Gasteiger partial charge < -0.3 is 10.1 Å². The zero-order chi connectivity index (χ0) is 12.2. The zero-order valence-corrected chi connectivity index (χ0v) is 11.0. The lowest BCUT2D eigenvalue weighted by Crippen LogP contribution is -2.35. The lowest BCUT2D eigenvalue weighted by atomic mass is 9.95. The normalized spacial score (nSPS) is 24.6. The maximum Gasteiger partial charge on any atom is 0.122 e. The first kappa shape index (κ1) is 12.0. The average Bonchev–Trinajstić information content (AvgIpc) is 2.37. The van der Waals surface area contributed by atoms with Crippen LogP contribution in [-0.2, 0) is 6.42 Å². The molecule has 1 aromatic rings. The van der Waals surface area contributed by atoms with Gasteiger partial charge in [-0.3, -0.25) is 0 Å². The number of nitrogens with one attached hydrogen (secondary N) is 1. The van der Waals surface area contributed by atoms with Crippen LogP contribution in [-0.4, -0.2) is 18.7 Å². The van der Waals surface area contributed by atoms with E-state index in [0.717, 1.165) is 12.2 Å². The smallest absolute Gasteiger partial charge is 0.122 e. The Kier molecular flexibility index (Phi) is 3.84. The van der Waals surface area contributed by atoms with Crippen LogP contribution in [0.3, 0.4) is 0 Å². The molecule has 2 aliphatic rings. The Bertz CT molecular complexity index is 380. The molecule has 1 atom stereocenters. The van der Waals surface area contributed by atoms with E-state index in [2.05, 4.69) is 29.6 Å². The first-order chi connectivity index (χ1) is 8.92. The molecule has 2 nitrogen and oxygen atoms in total. The maximum absolute atomic E-state index is 6.10. The number of piperidine rings is 1. The SMILES string of the molecule is c1ccc(OC2CCC2)c(CC2CCCCN2)c1. The van der Waals surface area contributed by atoms with Gasteiger partial charge in [0.05, 0.1) is 6.10 Å². The van der Waals surface area contributed by atoms with Crippen LogP contribution in [0, 0.1) is 0 Å². The molecule has 98 valence electrons. The maximum atomic E-state index is 6.10. The highest BCUT2D eigenvalue weighted by Gasteiger charge is 2.21. The van der Waals surface area contributed by atoms with Crippen molar-refractivity contribution in [1.82, 2.24) is 5.32 Å². The molecule has 0 bridgehead atoms. The molecule has 2 heteroatoms. The van der Waals surface area contributed by atoms with E-state index in [1.807, 2.05) is 0 Å². The van der Waals surface area contributed by atoms with Gasteiger partial charge in [-0.05, 0) is 56.7 Å². The highest BCUT2D eigenvalue weighted by molar-refractivity contribution is 5.34. The molecule has 1 N–H and O–H groups in total. The summed E-state index contributed by atoms with van der Waals surface area (Å²) in [7, 11) is 0. The third-order valence-corrected chi connectivity index (χ3v) is 4.20. The summed E-state index contributed by atoms with van der Waals surface area (Å²) in [4.78, 5) is 0. The Morgan fingerprint density at radius 3 is 2.67 bits per heavy atom. The third kappa shape index (κ3) is 2.86. The molecular formula is C16H23NO. The molecule has 0 aromatic heterocycles. The fourth-order valence-electron chi connectivity index (χ4n) is 2.82. The molecule has 1 aliphatic heterocycles. The van der Waals surface area contributed by atoms with E-state index >= 15 is 0 Å². The molecule has 0 spiro atoms. The fourth-order valence-corrected chi connectivity index (χ4v) is 2.82. The summed E-state index contributed by atoms with van der Waals surface area (Å²) in [6.07, 6.45) is 9.38. The summed E-state index contributed by atoms with van der Waals surface area (Å²) < 4.78 is 6.10. The van der Waals surface area contributed by atoms with Crippen LogP contribution in [0.4, 0.5) is 0 Å². The Hall–Kier alpha value is -1.02. The van der Waals surface area contributed by atoms with Crippen LogP contribution in [0.1, 0.15) is 44.1 Å². The summed E-state index contributed by atoms with van der Waals surface area (Å²) >= 11 is 0. The second-order valence-corrected chi connectivity index (χ2v) is 5.63. The summed E-state index contributed by atoms with van der Waals surface area (Å²) in [5.74, 6) is 1.12. The number of hydrogen-bond donors (Lipinski definition) is 1. The van der Waals surface area contributed by atoms with Crippen molar-refractivity contribution in [3.05, 3.63) is 29.8 Å². The van der Waals surface area contributed by atoms with Crippen molar-refractivity contribution in [2.45, 2.75) is 57.1 Å². The van der Waals surface area contributed by atoms with Crippen molar-refractivity contribution in [3.63, 3.8) is 0 Å². The molecule has 1 aromatic carbocycles. The zero-order valence-electron chi connectivity index (χ0n) is 11.0. The molecule has 1 aliphatic carbocycles. The van der Waals surface area contributed by atoms with Gasteiger partial charge in [-0.25, -0.2) is 0 Å². The van der Waals surface area contributed by atoms with Crippen molar-refractivity contribution < 1.29 is 4.74 Å². The molecule has 1 heterocycles. The van der Waals surface area contributed by atoms with E-state index in [-0.39, 0.29) is 0 Å². The Morgan fingerprint density at radius 2 is 1.94 bits per heavy atom. The number of rotatable bonds is 4. The summed E-state index contributed by atoms with van der Waals surface area (Å²) in [6, 6.07) is 9.23. The first-order valence-electron chi connectivity index (χ1n) is 7.40. The topological polar surface area (TPSA) is 21.3 Å². The monoisotopic (exact) mass is 245 g/mol. The minimum Gasteiger partial charge on any atom is -0.490 e. The van der Waals surface area contributed by atoms with Crippen LogP contribution in [0.25, 0.3) is 0 Å². The average molecular weight is 245 g/mol. The van der Waals surface area contributed by atoms with E-state index in [1.54, 1.807) is 0 Å². The second kappa shape index (κ2) is 5.75. The van der Waals surface area contributed by atoms with Gasteiger partial charge in [-0.15, -0.1) is 0 Å². The van der Waals surface area contributed by atoms with E-state index in [9.17, 15) is 0 Å². The number of ether oxygens (including phenoxy) is 1. The highest BCUT2D eigenvalue weighted by atomic mass is 16.5. The fraction of sp³-hybridized carbons (Fsp3) is 0.625. The molecule has 1 saturated carbocycles. The predicted octanol–water partition coefficient (Wildman–Crippen LogP) is 3.30. The molecule has 1 unspecified atom stereocenters. The molecular weight excluding hydrogens is 222 g/mol.